The summed E-state index contributed by atoms with van der Waals surface area (Å²) in [6.45, 7) is 5.17. The van der Waals surface area contributed by atoms with E-state index in [2.05, 4.69) is 39.5 Å². The number of benzene rings is 1. The Hall–Kier alpha value is -2.21. The average Bonchev–Trinajstić information content (AvgIpc) is 3.33. The second-order valence-electron chi connectivity index (χ2n) is 6.29. The van der Waals surface area contributed by atoms with Gasteiger partial charge >= 0.3 is 0 Å². The Morgan fingerprint density at radius 3 is 2.58 bits per heavy atom. The fraction of sp³-hybridized carbons (Fsp3) is 0.350. The lowest BCUT2D eigenvalue weighted by molar-refractivity contribution is 0.412. The first-order valence-electron chi connectivity index (χ1n) is 8.82. The molecule has 0 aliphatic carbocycles. The van der Waals surface area contributed by atoms with Gasteiger partial charge in [-0.2, -0.15) is 0 Å². The maximum atomic E-state index is 13.7. The number of hydrogen-bond acceptors (Lipinski definition) is 4. The summed E-state index contributed by atoms with van der Waals surface area (Å²) < 4.78 is 27.2. The molecule has 2 aromatic rings. The number of rotatable bonds is 6. The van der Waals surface area contributed by atoms with E-state index >= 15 is 0 Å². The summed E-state index contributed by atoms with van der Waals surface area (Å²) in [6.07, 6.45) is 3.64. The van der Waals surface area contributed by atoms with Gasteiger partial charge in [0.05, 0.1) is 11.4 Å². The van der Waals surface area contributed by atoms with Crippen molar-refractivity contribution in [1.82, 2.24) is 4.98 Å². The molecule has 26 heavy (non-hydrogen) atoms. The molecule has 1 saturated heterocycles. The fourth-order valence-corrected chi connectivity index (χ4v) is 3.63. The van der Waals surface area contributed by atoms with Gasteiger partial charge in [0, 0.05) is 29.7 Å². The van der Waals surface area contributed by atoms with Crippen LogP contribution in [0.2, 0.25) is 0 Å². The third-order valence-corrected chi connectivity index (χ3v) is 5.15. The minimum absolute atomic E-state index is 0.158. The Bertz CT molecular complexity index is 788. The molecule has 0 spiro atoms. The normalized spacial score (nSPS) is 16.8. The van der Waals surface area contributed by atoms with E-state index in [1.165, 1.54) is 42.9 Å². The maximum Gasteiger partial charge on any atom is 0.187 e. The van der Waals surface area contributed by atoms with Crippen molar-refractivity contribution in [3.8, 4) is 11.3 Å². The van der Waals surface area contributed by atoms with E-state index in [0.29, 0.717) is 5.13 Å². The van der Waals surface area contributed by atoms with Gasteiger partial charge in [-0.1, -0.05) is 18.2 Å². The van der Waals surface area contributed by atoms with Crippen molar-refractivity contribution in [2.24, 2.45) is 0 Å². The predicted molar refractivity (Wildman–Crippen MR) is 106 cm³/mol. The van der Waals surface area contributed by atoms with E-state index < -0.39 is 12.0 Å². The molecule has 1 N–H and O–H groups in total. The number of nitrogens with zero attached hydrogens (tertiary/aromatic N) is 2. The molecule has 1 aliphatic rings. The lowest BCUT2D eigenvalue weighted by Gasteiger charge is -2.17. The van der Waals surface area contributed by atoms with Crippen LogP contribution in [0.15, 0.2) is 53.3 Å². The molecule has 2 heterocycles. The lowest BCUT2D eigenvalue weighted by atomic mass is 10.1. The van der Waals surface area contributed by atoms with E-state index in [0.717, 1.165) is 30.4 Å². The molecule has 1 aromatic heterocycles. The molecule has 0 amide bonds. The number of thiazole rings is 1. The Kier molecular flexibility index (Phi) is 6.04. The smallest absolute Gasteiger partial charge is 0.187 e. The first-order valence-corrected chi connectivity index (χ1v) is 9.70. The second-order valence-corrected chi connectivity index (χ2v) is 7.15. The summed E-state index contributed by atoms with van der Waals surface area (Å²) >= 11 is 1.37. The molecule has 1 aliphatic heterocycles. The zero-order chi connectivity index (χ0) is 18.5. The molecular weight excluding hydrogens is 352 g/mol. The summed E-state index contributed by atoms with van der Waals surface area (Å²) in [4.78, 5) is 6.89. The molecule has 138 valence electrons. The van der Waals surface area contributed by atoms with Gasteiger partial charge < -0.3 is 10.2 Å². The van der Waals surface area contributed by atoms with Gasteiger partial charge in [0.2, 0.25) is 0 Å². The van der Waals surface area contributed by atoms with Crippen LogP contribution in [0.5, 0.6) is 0 Å². The maximum absolute atomic E-state index is 13.7. The molecule has 3 rings (SSSR count). The van der Waals surface area contributed by atoms with Crippen LogP contribution in [0, 0.1) is 0 Å². The van der Waals surface area contributed by atoms with E-state index in [9.17, 15) is 8.78 Å². The third-order valence-electron chi connectivity index (χ3n) is 4.39. The zero-order valence-electron chi connectivity index (χ0n) is 15.0. The van der Waals surface area contributed by atoms with Crippen molar-refractivity contribution in [2.75, 3.05) is 23.3 Å². The Labute approximate surface area is 157 Å². The van der Waals surface area contributed by atoms with Gasteiger partial charge in [-0.3, -0.25) is 0 Å². The number of allylic oxidation sites excluding steroid dienone is 4. The average molecular weight is 375 g/mol. The molecule has 1 aromatic carbocycles. The molecule has 6 heteroatoms. The zero-order valence-corrected chi connectivity index (χ0v) is 15.8. The number of alkyl halides is 1. The molecule has 1 fully saturated rings. The number of hydrogen-bond donors (Lipinski definition) is 1. The highest BCUT2D eigenvalue weighted by Gasteiger charge is 2.14. The van der Waals surface area contributed by atoms with Crippen LogP contribution < -0.4 is 10.2 Å². The number of nitrogens with one attached hydrogen (secondary N) is 1. The van der Waals surface area contributed by atoms with Gasteiger partial charge in [-0.15, -0.1) is 11.3 Å². The predicted octanol–water partition coefficient (Wildman–Crippen LogP) is 5.94. The van der Waals surface area contributed by atoms with Crippen molar-refractivity contribution >= 4 is 22.2 Å². The van der Waals surface area contributed by atoms with Crippen LogP contribution in [-0.4, -0.2) is 24.2 Å². The first kappa shape index (κ1) is 18.6. The van der Waals surface area contributed by atoms with E-state index in [-0.39, 0.29) is 5.70 Å². The summed E-state index contributed by atoms with van der Waals surface area (Å²) in [5, 5.41) is 5.36. The van der Waals surface area contributed by atoms with Gasteiger partial charge in [0.1, 0.15) is 12.0 Å². The quantitative estimate of drug-likeness (QED) is 0.634. The highest BCUT2D eigenvalue weighted by Crippen LogP contribution is 2.29. The molecule has 0 radical (unpaired) electrons. The minimum Gasteiger partial charge on any atom is -0.372 e. The standard InChI is InChI=1S/C20H23F2N3S/c1-3-16(22)12-18(14(2)21)23-20-24-19(13-26-20)15-6-8-17(9-7-15)25-10-4-5-11-25/h3,6-9,12-14H,4-5,10-11H2,1-2H3,(H,23,24)/b16-3+,18-12+. The number of anilines is 2. The van der Waals surface area contributed by atoms with E-state index in [1.54, 1.807) is 6.92 Å². The SMILES string of the molecule is C/C=C(F)\C=C(\Nc1nc(-c2ccc(N3CCCC3)cc2)cs1)C(C)F. The monoisotopic (exact) mass is 375 g/mol. The van der Waals surface area contributed by atoms with Crippen LogP contribution in [0.1, 0.15) is 26.7 Å². The Morgan fingerprint density at radius 2 is 1.96 bits per heavy atom. The van der Waals surface area contributed by atoms with Crippen molar-refractivity contribution in [3.05, 3.63) is 53.3 Å². The van der Waals surface area contributed by atoms with E-state index in [1.807, 2.05) is 5.38 Å². The van der Waals surface area contributed by atoms with Crippen molar-refractivity contribution in [2.45, 2.75) is 32.9 Å². The fourth-order valence-electron chi connectivity index (χ4n) is 2.89. The van der Waals surface area contributed by atoms with Crippen molar-refractivity contribution in [1.29, 1.82) is 0 Å². The lowest BCUT2D eigenvalue weighted by Crippen LogP contribution is -2.17. The molecule has 0 saturated carbocycles. The largest absolute Gasteiger partial charge is 0.372 e. The van der Waals surface area contributed by atoms with Crippen LogP contribution in [0.3, 0.4) is 0 Å². The molecule has 1 unspecified atom stereocenters. The highest BCUT2D eigenvalue weighted by molar-refractivity contribution is 7.14. The minimum atomic E-state index is -1.31. The van der Waals surface area contributed by atoms with Gasteiger partial charge in [0.25, 0.3) is 0 Å². The third kappa shape index (κ3) is 4.49. The second kappa shape index (κ2) is 8.45. The Balaban J connectivity index is 1.73. The van der Waals surface area contributed by atoms with Gasteiger partial charge in [-0.25, -0.2) is 13.8 Å². The molecule has 1 atom stereocenters. The van der Waals surface area contributed by atoms with Crippen LogP contribution in [-0.2, 0) is 0 Å². The van der Waals surface area contributed by atoms with Crippen LogP contribution in [0.25, 0.3) is 11.3 Å². The van der Waals surface area contributed by atoms with Crippen LogP contribution >= 0.6 is 11.3 Å². The summed E-state index contributed by atoms with van der Waals surface area (Å²) in [5.41, 5.74) is 3.22. The van der Waals surface area contributed by atoms with Crippen molar-refractivity contribution in [3.63, 3.8) is 0 Å². The summed E-state index contributed by atoms with van der Waals surface area (Å²) in [7, 11) is 0. The topological polar surface area (TPSA) is 28.2 Å². The number of halogens is 2. The van der Waals surface area contributed by atoms with Crippen molar-refractivity contribution < 1.29 is 8.78 Å². The first-order chi connectivity index (χ1) is 12.6. The Morgan fingerprint density at radius 1 is 1.27 bits per heavy atom. The van der Waals surface area contributed by atoms with Crippen LogP contribution in [0.4, 0.5) is 19.6 Å². The number of aromatic nitrogens is 1. The van der Waals surface area contributed by atoms with E-state index in [4.69, 9.17) is 0 Å². The highest BCUT2D eigenvalue weighted by atomic mass is 32.1. The molecule has 3 nitrogen and oxygen atoms in total. The molecular formula is C20H23F2N3S. The molecule has 0 bridgehead atoms. The summed E-state index contributed by atoms with van der Waals surface area (Å²) in [6, 6.07) is 8.34. The summed E-state index contributed by atoms with van der Waals surface area (Å²) in [5.74, 6) is -0.480. The van der Waals surface area contributed by atoms with Gasteiger partial charge in [0.15, 0.2) is 5.13 Å². The van der Waals surface area contributed by atoms with Gasteiger partial charge in [-0.05, 0) is 44.9 Å².